The molecule has 1 N–H and O–H groups in total. The van der Waals surface area contributed by atoms with Gasteiger partial charge in [0, 0.05) is 17.3 Å². The number of carbonyl (C=O) groups is 1. The molecule has 8 heteroatoms. The van der Waals surface area contributed by atoms with Crippen molar-refractivity contribution in [3.63, 3.8) is 0 Å². The molecule has 0 atom stereocenters. The number of rotatable bonds is 7. The van der Waals surface area contributed by atoms with Gasteiger partial charge in [0.15, 0.2) is 5.16 Å². The minimum atomic E-state index is -0.148. The fourth-order valence-corrected chi connectivity index (χ4v) is 4.12. The highest BCUT2D eigenvalue weighted by atomic mass is 79.9. The highest BCUT2D eigenvalue weighted by Gasteiger charge is 2.14. The lowest BCUT2D eigenvalue weighted by Gasteiger charge is -2.13. The molecule has 0 aliphatic heterocycles. The van der Waals surface area contributed by atoms with Gasteiger partial charge in [-0.2, -0.15) is 0 Å². The Morgan fingerprint density at radius 2 is 2.03 bits per heavy atom. The van der Waals surface area contributed by atoms with E-state index in [2.05, 4.69) is 26.2 Å². The molecular formula is C21H22BrN3O3S. The lowest BCUT2D eigenvalue weighted by molar-refractivity contribution is -0.113. The molecule has 1 aromatic heterocycles. The summed E-state index contributed by atoms with van der Waals surface area (Å²) in [7, 11) is 1.58. The first kappa shape index (κ1) is 21.5. The summed E-state index contributed by atoms with van der Waals surface area (Å²) in [5.74, 6) is -0.000188. The second-order valence-electron chi connectivity index (χ2n) is 6.66. The van der Waals surface area contributed by atoms with Crippen LogP contribution in [-0.4, -0.2) is 34.9 Å². The van der Waals surface area contributed by atoms with Crippen LogP contribution in [0, 0.1) is 13.8 Å². The maximum Gasteiger partial charge on any atom is 0.262 e. The molecule has 3 aromatic rings. The number of carbonyl (C=O) groups excluding carboxylic acids is 1. The number of nitrogens with zero attached hydrogens (tertiary/aromatic N) is 2. The Labute approximate surface area is 181 Å². The van der Waals surface area contributed by atoms with Gasteiger partial charge in [-0.25, -0.2) is 4.98 Å². The fourth-order valence-electron chi connectivity index (χ4n) is 2.93. The number of benzene rings is 2. The largest absolute Gasteiger partial charge is 0.383 e. The van der Waals surface area contributed by atoms with E-state index in [9.17, 15) is 9.59 Å². The minimum absolute atomic E-state index is 0.148. The van der Waals surface area contributed by atoms with Crippen LogP contribution >= 0.6 is 27.7 Å². The number of hydrogen-bond donors (Lipinski definition) is 1. The predicted molar refractivity (Wildman–Crippen MR) is 121 cm³/mol. The number of aryl methyl sites for hydroxylation is 2. The first-order valence-electron chi connectivity index (χ1n) is 9.08. The zero-order valence-corrected chi connectivity index (χ0v) is 18.9. The highest BCUT2D eigenvalue weighted by Crippen LogP contribution is 2.22. The third-order valence-electron chi connectivity index (χ3n) is 4.39. The third kappa shape index (κ3) is 5.26. The number of halogens is 1. The van der Waals surface area contributed by atoms with E-state index in [1.165, 1.54) is 11.8 Å². The number of methoxy groups -OCH3 is 1. The van der Waals surface area contributed by atoms with Crippen LogP contribution in [0.3, 0.4) is 0 Å². The normalized spacial score (nSPS) is 11.0. The molecule has 0 radical (unpaired) electrons. The first-order chi connectivity index (χ1) is 13.9. The van der Waals surface area contributed by atoms with E-state index < -0.39 is 0 Å². The van der Waals surface area contributed by atoms with Crippen LogP contribution in [0.25, 0.3) is 10.9 Å². The van der Waals surface area contributed by atoms with Crippen LogP contribution in [0.15, 0.2) is 50.8 Å². The van der Waals surface area contributed by atoms with Crippen molar-refractivity contribution in [2.75, 3.05) is 24.8 Å². The summed E-state index contributed by atoms with van der Waals surface area (Å²) in [6, 6.07) is 11.3. The van der Waals surface area contributed by atoms with E-state index in [-0.39, 0.29) is 17.2 Å². The van der Waals surface area contributed by atoms with Crippen LogP contribution in [-0.2, 0) is 16.1 Å². The van der Waals surface area contributed by atoms with E-state index in [0.29, 0.717) is 29.2 Å². The number of hydrogen-bond acceptors (Lipinski definition) is 5. The van der Waals surface area contributed by atoms with Gasteiger partial charge in [0.2, 0.25) is 5.91 Å². The average Bonchev–Trinajstić information content (AvgIpc) is 2.68. The van der Waals surface area contributed by atoms with E-state index >= 15 is 0 Å². The van der Waals surface area contributed by atoms with Crippen LogP contribution in [0.4, 0.5) is 5.69 Å². The highest BCUT2D eigenvalue weighted by molar-refractivity contribution is 9.10. The van der Waals surface area contributed by atoms with Crippen molar-refractivity contribution < 1.29 is 9.53 Å². The molecule has 29 heavy (non-hydrogen) atoms. The molecule has 0 fully saturated rings. The molecule has 0 aliphatic carbocycles. The Balaban J connectivity index is 1.83. The van der Waals surface area contributed by atoms with Gasteiger partial charge in [0.05, 0.1) is 29.8 Å². The summed E-state index contributed by atoms with van der Waals surface area (Å²) < 4.78 is 7.51. The minimum Gasteiger partial charge on any atom is -0.383 e. The van der Waals surface area contributed by atoms with Gasteiger partial charge in [-0.05, 0) is 43.7 Å². The Morgan fingerprint density at radius 3 is 2.76 bits per heavy atom. The van der Waals surface area contributed by atoms with Gasteiger partial charge in [-0.15, -0.1) is 0 Å². The second-order valence-corrected chi connectivity index (χ2v) is 8.52. The monoisotopic (exact) mass is 475 g/mol. The average molecular weight is 476 g/mol. The third-order valence-corrected chi connectivity index (χ3v) is 5.86. The quantitative estimate of drug-likeness (QED) is 0.410. The van der Waals surface area contributed by atoms with Crippen molar-refractivity contribution in [2.24, 2.45) is 0 Å². The molecule has 0 unspecified atom stereocenters. The van der Waals surface area contributed by atoms with Crippen molar-refractivity contribution in [1.29, 1.82) is 0 Å². The van der Waals surface area contributed by atoms with Crippen LogP contribution in [0.2, 0.25) is 0 Å². The number of ether oxygens (including phenoxy) is 1. The molecular weight excluding hydrogens is 454 g/mol. The fraction of sp³-hybridized carbons (Fsp3) is 0.286. The van der Waals surface area contributed by atoms with Gasteiger partial charge >= 0.3 is 0 Å². The zero-order chi connectivity index (χ0) is 21.0. The maximum atomic E-state index is 13.0. The number of aromatic nitrogens is 2. The maximum absolute atomic E-state index is 13.0. The summed E-state index contributed by atoms with van der Waals surface area (Å²) in [5.41, 5.74) is 3.39. The van der Waals surface area contributed by atoms with Gasteiger partial charge in [-0.1, -0.05) is 45.4 Å². The summed E-state index contributed by atoms with van der Waals surface area (Å²) in [4.78, 5) is 30.0. The smallest absolute Gasteiger partial charge is 0.262 e. The topological polar surface area (TPSA) is 73.2 Å². The number of amides is 1. The van der Waals surface area contributed by atoms with Gasteiger partial charge in [0.25, 0.3) is 5.56 Å². The molecule has 1 heterocycles. The first-order valence-corrected chi connectivity index (χ1v) is 10.9. The van der Waals surface area contributed by atoms with E-state index in [0.717, 1.165) is 21.3 Å². The molecule has 152 valence electrons. The van der Waals surface area contributed by atoms with Crippen LogP contribution in [0.5, 0.6) is 0 Å². The Kier molecular flexibility index (Phi) is 7.10. The Hall–Kier alpha value is -2.16. The number of anilines is 1. The Bertz CT molecular complexity index is 1110. The van der Waals surface area contributed by atoms with Crippen LogP contribution in [0.1, 0.15) is 11.1 Å². The van der Waals surface area contributed by atoms with Crippen molar-refractivity contribution in [3.05, 3.63) is 62.4 Å². The van der Waals surface area contributed by atoms with Crippen molar-refractivity contribution in [3.8, 4) is 0 Å². The molecule has 0 bridgehead atoms. The zero-order valence-electron chi connectivity index (χ0n) is 16.5. The van der Waals surface area contributed by atoms with Crippen molar-refractivity contribution in [1.82, 2.24) is 9.55 Å². The lowest BCUT2D eigenvalue weighted by Crippen LogP contribution is -2.26. The van der Waals surface area contributed by atoms with E-state index in [4.69, 9.17) is 4.74 Å². The number of fused-ring (bicyclic) bond motifs is 1. The van der Waals surface area contributed by atoms with E-state index in [1.807, 2.05) is 38.1 Å². The van der Waals surface area contributed by atoms with E-state index in [1.54, 1.807) is 23.8 Å². The van der Waals surface area contributed by atoms with Crippen molar-refractivity contribution in [2.45, 2.75) is 25.5 Å². The second kappa shape index (κ2) is 9.56. The molecule has 1 amide bonds. The molecule has 3 rings (SSSR count). The number of nitrogens with one attached hydrogen (secondary N) is 1. The molecule has 6 nitrogen and oxygen atoms in total. The molecule has 2 aromatic carbocycles. The summed E-state index contributed by atoms with van der Waals surface area (Å²) >= 11 is 4.63. The number of thioether (sulfide) groups is 1. The van der Waals surface area contributed by atoms with Gasteiger partial charge < -0.3 is 10.1 Å². The van der Waals surface area contributed by atoms with Gasteiger partial charge in [0.1, 0.15) is 0 Å². The lowest BCUT2D eigenvalue weighted by atomic mass is 10.1. The summed E-state index contributed by atoms with van der Waals surface area (Å²) in [6.45, 7) is 4.72. The summed E-state index contributed by atoms with van der Waals surface area (Å²) in [5, 5.41) is 3.95. The SMILES string of the molecule is COCCn1c(SCC(=O)Nc2ccc(C)cc2C)nc2ccc(Br)cc2c1=O. The van der Waals surface area contributed by atoms with Gasteiger partial charge in [-0.3, -0.25) is 14.2 Å². The molecule has 0 spiro atoms. The Morgan fingerprint density at radius 1 is 1.24 bits per heavy atom. The summed E-state index contributed by atoms with van der Waals surface area (Å²) in [6.07, 6.45) is 0. The molecule has 0 aliphatic rings. The molecule has 0 saturated heterocycles. The predicted octanol–water partition coefficient (Wildman–Crippen LogP) is 4.15. The molecule has 0 saturated carbocycles. The van der Waals surface area contributed by atoms with Crippen LogP contribution < -0.4 is 10.9 Å². The standard InChI is InChI=1S/C21H22BrN3O3S/c1-13-4-6-17(14(2)10-13)23-19(26)12-29-21-24-18-7-5-15(22)11-16(18)20(27)25(21)8-9-28-3/h4-7,10-11H,8-9,12H2,1-3H3,(H,23,26). The van der Waals surface area contributed by atoms with Crippen molar-refractivity contribution >= 4 is 50.2 Å².